The quantitative estimate of drug-likeness (QED) is 0.141. The maximum Gasteiger partial charge on any atom is 0.163 e. The SMILES string of the molecule is CC1(C)O[C@@H]2[C@@H](O1)C(c1cccc(-c3ccccc3)c1)(c1cccc(-c3ccccc3)c1)C[N+]1(CCCC1)CC2(c1cccc(-c2ccccc2)c1)c1cccc(-c2ccccc2)c1.[Br-]. The molecule has 8 aromatic rings. The van der Waals surface area contributed by atoms with E-state index in [1.165, 1.54) is 79.6 Å². The van der Waals surface area contributed by atoms with Crippen LogP contribution in [0.1, 0.15) is 48.9 Å². The smallest absolute Gasteiger partial charge is 0.163 e. The molecule has 3 fully saturated rings. The van der Waals surface area contributed by atoms with Gasteiger partial charge in [0.25, 0.3) is 0 Å². The molecule has 1 spiro atoms. The topological polar surface area (TPSA) is 18.5 Å². The second-order valence-electron chi connectivity index (χ2n) is 19.0. The van der Waals surface area contributed by atoms with Crippen molar-refractivity contribution in [1.82, 2.24) is 0 Å². The average molecular weight is 915 g/mol. The molecule has 324 valence electrons. The fraction of sp³-hybridized carbons (Fsp3) is 0.213. The van der Waals surface area contributed by atoms with Gasteiger partial charge in [0.05, 0.1) is 37.0 Å². The van der Waals surface area contributed by atoms with E-state index in [2.05, 4.69) is 232 Å². The van der Waals surface area contributed by atoms with Crippen LogP contribution in [0.4, 0.5) is 0 Å². The first-order chi connectivity index (χ1) is 31.3. The molecule has 3 saturated heterocycles. The number of hydrogen-bond acceptors (Lipinski definition) is 2. The normalized spacial score (nSPS) is 20.0. The van der Waals surface area contributed by atoms with E-state index in [1.54, 1.807) is 0 Å². The number of fused-ring (bicyclic) bond motifs is 1. The molecule has 2 atom stereocenters. The lowest BCUT2D eigenvalue weighted by atomic mass is 9.62. The Bertz CT molecular complexity index is 2530. The van der Waals surface area contributed by atoms with Crippen molar-refractivity contribution in [2.75, 3.05) is 26.2 Å². The number of ether oxygens (including phenoxy) is 2. The van der Waals surface area contributed by atoms with Crippen LogP contribution in [0.3, 0.4) is 0 Å². The van der Waals surface area contributed by atoms with Crippen molar-refractivity contribution >= 4 is 0 Å². The Balaban J connectivity index is 0.00000498. The summed E-state index contributed by atoms with van der Waals surface area (Å²) >= 11 is 0. The minimum Gasteiger partial charge on any atom is -1.00 e. The monoisotopic (exact) mass is 913 g/mol. The second kappa shape index (κ2) is 17.5. The zero-order valence-electron chi connectivity index (χ0n) is 37.3. The number of quaternary nitrogens is 1. The highest BCUT2D eigenvalue weighted by atomic mass is 79.9. The molecule has 0 aromatic heterocycles. The van der Waals surface area contributed by atoms with Crippen LogP contribution in [0.2, 0.25) is 0 Å². The first kappa shape index (κ1) is 43.0. The maximum absolute atomic E-state index is 7.75. The van der Waals surface area contributed by atoms with Gasteiger partial charge < -0.3 is 30.9 Å². The third kappa shape index (κ3) is 7.81. The van der Waals surface area contributed by atoms with E-state index in [4.69, 9.17) is 9.47 Å². The van der Waals surface area contributed by atoms with Crippen molar-refractivity contribution in [1.29, 1.82) is 0 Å². The highest BCUT2D eigenvalue weighted by Crippen LogP contribution is 2.58. The van der Waals surface area contributed by atoms with Crippen molar-refractivity contribution in [2.24, 2.45) is 0 Å². The third-order valence-electron chi connectivity index (χ3n) is 14.7. The van der Waals surface area contributed by atoms with Gasteiger partial charge in [-0.25, -0.2) is 0 Å². The Kier molecular flexibility index (Phi) is 11.6. The Morgan fingerprint density at radius 1 is 0.354 bits per heavy atom. The zero-order chi connectivity index (χ0) is 43.2. The number of benzene rings is 8. The van der Waals surface area contributed by atoms with Crippen LogP contribution < -0.4 is 17.0 Å². The van der Waals surface area contributed by atoms with E-state index in [-0.39, 0.29) is 29.2 Å². The van der Waals surface area contributed by atoms with Crippen LogP contribution in [-0.2, 0) is 20.3 Å². The van der Waals surface area contributed by atoms with Gasteiger partial charge in [0, 0.05) is 12.8 Å². The minimum atomic E-state index is -0.874. The molecule has 0 radical (unpaired) electrons. The largest absolute Gasteiger partial charge is 1.00 e. The number of halogens is 1. The van der Waals surface area contributed by atoms with Crippen LogP contribution in [0, 0.1) is 0 Å². The summed E-state index contributed by atoms with van der Waals surface area (Å²) in [5.74, 6) is -0.874. The van der Waals surface area contributed by atoms with Crippen LogP contribution in [0.25, 0.3) is 44.5 Å². The molecule has 3 nitrogen and oxygen atoms in total. The molecule has 8 aromatic carbocycles. The van der Waals surface area contributed by atoms with Crippen LogP contribution in [0.15, 0.2) is 218 Å². The molecule has 11 rings (SSSR count). The molecule has 0 unspecified atom stereocenters. The number of rotatable bonds is 8. The van der Waals surface area contributed by atoms with Gasteiger partial charge in [-0.05, 0) is 105 Å². The Hall–Kier alpha value is -5.88. The summed E-state index contributed by atoms with van der Waals surface area (Å²) in [7, 11) is 0. The van der Waals surface area contributed by atoms with Gasteiger partial charge in [-0.15, -0.1) is 0 Å². The lowest BCUT2D eigenvalue weighted by Crippen LogP contribution is -3.00. The molecule has 0 aliphatic carbocycles. The van der Waals surface area contributed by atoms with Gasteiger partial charge >= 0.3 is 0 Å². The molecule has 0 amide bonds. The van der Waals surface area contributed by atoms with Gasteiger partial charge in [0.1, 0.15) is 12.2 Å². The van der Waals surface area contributed by atoms with Crippen LogP contribution in [-0.4, -0.2) is 48.7 Å². The van der Waals surface area contributed by atoms with Crippen molar-refractivity contribution in [3.8, 4) is 44.5 Å². The molecule has 0 saturated carbocycles. The van der Waals surface area contributed by atoms with E-state index in [0.29, 0.717) is 0 Å². The fourth-order valence-corrected chi connectivity index (χ4v) is 11.9. The fourth-order valence-electron chi connectivity index (χ4n) is 11.9. The first-order valence-corrected chi connectivity index (χ1v) is 23.2. The van der Waals surface area contributed by atoms with E-state index in [0.717, 1.165) is 30.7 Å². The number of nitrogens with zero attached hydrogens (tertiary/aromatic N) is 1. The van der Waals surface area contributed by atoms with E-state index in [9.17, 15) is 0 Å². The Morgan fingerprint density at radius 2 is 0.615 bits per heavy atom. The molecule has 3 aliphatic heterocycles. The minimum absolute atomic E-state index is 0. The van der Waals surface area contributed by atoms with Crippen LogP contribution >= 0.6 is 0 Å². The van der Waals surface area contributed by atoms with E-state index < -0.39 is 16.6 Å². The standard InChI is InChI=1S/C61H56NO2.BrH/c1-59(2)63-57-58(64-59)61(55-35-19-31-51(41-55)47-25-11-5-12-26-47,56-36-20-32-52(42-56)48-27-13-6-14-28-48)44-62(37-15-16-38-62)43-60(57,53-33-17-29-49(39-53)45-21-7-3-8-22-45)54-34-18-30-50(40-54)46-23-9-4-10-24-46;/h3-14,17-36,39-42,57-58H,15-16,37-38,43-44H2,1-2H3;1H/q+1;/p-1/t57-,58-;/m1./s1. The van der Waals surface area contributed by atoms with Crippen molar-refractivity contribution in [2.45, 2.75) is 55.5 Å². The predicted molar refractivity (Wildman–Crippen MR) is 262 cm³/mol. The molecular weight excluding hydrogens is 859 g/mol. The van der Waals surface area contributed by atoms with Gasteiger partial charge in [-0.1, -0.05) is 194 Å². The maximum atomic E-state index is 7.75. The van der Waals surface area contributed by atoms with Crippen molar-refractivity contribution in [3.63, 3.8) is 0 Å². The second-order valence-corrected chi connectivity index (χ2v) is 19.0. The summed E-state index contributed by atoms with van der Waals surface area (Å²) in [5.41, 5.74) is 13.5. The molecule has 3 aliphatic rings. The molecule has 65 heavy (non-hydrogen) atoms. The van der Waals surface area contributed by atoms with Gasteiger partial charge in [0.2, 0.25) is 0 Å². The van der Waals surface area contributed by atoms with Crippen molar-refractivity contribution < 1.29 is 30.9 Å². The summed E-state index contributed by atoms with van der Waals surface area (Å²) in [5, 5.41) is 0. The molecule has 0 bridgehead atoms. The zero-order valence-corrected chi connectivity index (χ0v) is 38.9. The van der Waals surface area contributed by atoms with E-state index >= 15 is 0 Å². The predicted octanol–water partition coefficient (Wildman–Crippen LogP) is 10.8. The average Bonchev–Trinajstić information content (AvgIpc) is 3.94. The molecule has 3 heterocycles. The summed E-state index contributed by atoms with van der Waals surface area (Å²) in [4.78, 5) is 0. The highest BCUT2D eigenvalue weighted by molar-refractivity contribution is 5.70. The molecule has 0 N–H and O–H groups in total. The van der Waals surface area contributed by atoms with Gasteiger partial charge in [0.15, 0.2) is 5.79 Å². The summed E-state index contributed by atoms with van der Waals surface area (Å²) in [6.45, 7) is 8.20. The number of hydrogen-bond donors (Lipinski definition) is 0. The van der Waals surface area contributed by atoms with Crippen LogP contribution in [0.5, 0.6) is 0 Å². The summed E-state index contributed by atoms with van der Waals surface area (Å²) < 4.78 is 16.4. The molecular formula is C61H56BrNO2. The third-order valence-corrected chi connectivity index (χ3v) is 14.7. The highest BCUT2D eigenvalue weighted by Gasteiger charge is 2.68. The first-order valence-electron chi connectivity index (χ1n) is 23.2. The Labute approximate surface area is 395 Å². The summed E-state index contributed by atoms with van der Waals surface area (Å²) in [6, 6.07) is 81.0. The molecule has 4 heteroatoms. The summed E-state index contributed by atoms with van der Waals surface area (Å²) in [6.07, 6.45) is 1.60. The lowest BCUT2D eigenvalue weighted by Gasteiger charge is -2.46. The van der Waals surface area contributed by atoms with Crippen molar-refractivity contribution in [3.05, 3.63) is 241 Å². The lowest BCUT2D eigenvalue weighted by molar-refractivity contribution is -0.922. The van der Waals surface area contributed by atoms with E-state index in [1.807, 2.05) is 0 Å². The van der Waals surface area contributed by atoms with Gasteiger partial charge in [-0.2, -0.15) is 0 Å². The van der Waals surface area contributed by atoms with Gasteiger partial charge in [-0.3, -0.25) is 0 Å². The Morgan fingerprint density at radius 3 is 0.892 bits per heavy atom.